The van der Waals surface area contributed by atoms with E-state index in [0.717, 1.165) is 0 Å². The van der Waals surface area contributed by atoms with Crippen molar-refractivity contribution in [2.75, 3.05) is 26.2 Å². The Balaban J connectivity index is 1.47. The van der Waals surface area contributed by atoms with Crippen molar-refractivity contribution in [1.82, 2.24) is 26.9 Å². The first kappa shape index (κ1) is 27.9. The summed E-state index contributed by atoms with van der Waals surface area (Å²) in [6.07, 6.45) is 0.228. The molecule has 4 aromatic rings. The molecule has 0 amide bonds. The molecule has 12 nitrogen and oxygen atoms in total. The van der Waals surface area contributed by atoms with Gasteiger partial charge in [-0.2, -0.15) is 8.61 Å². The summed E-state index contributed by atoms with van der Waals surface area (Å²) in [7, 11) is -2.01. The Morgan fingerprint density at radius 1 is 0.564 bits per heavy atom. The zero-order valence-electron chi connectivity index (χ0n) is 21.6. The largest absolute Gasteiger partial charge is 0.328 e. The van der Waals surface area contributed by atoms with E-state index in [1.165, 1.54) is 51.1 Å². The smallest absolute Gasteiger partial charge is 0.295 e. The molecule has 0 N–H and O–H groups in total. The summed E-state index contributed by atoms with van der Waals surface area (Å²) < 4.78 is 62.3. The topological polar surface area (TPSA) is 129 Å². The SMILES string of the molecule is Cn1c(=O)n(C)c2cc(S(=O)(=O)N3CCCN(S(=O)(=O)c4cc5c(cc4Cl)n(C)c(=O)n5C)CC3)c(Cl)cc21. The van der Waals surface area contributed by atoms with Crippen LogP contribution in [0.15, 0.2) is 43.6 Å². The van der Waals surface area contributed by atoms with Crippen molar-refractivity contribution in [2.24, 2.45) is 28.2 Å². The highest BCUT2D eigenvalue weighted by molar-refractivity contribution is 7.89. The van der Waals surface area contributed by atoms with E-state index in [1.807, 2.05) is 0 Å². The number of hydrogen-bond acceptors (Lipinski definition) is 6. The van der Waals surface area contributed by atoms with E-state index in [9.17, 15) is 26.4 Å². The molecule has 0 atom stereocenters. The van der Waals surface area contributed by atoms with E-state index in [0.29, 0.717) is 22.1 Å². The number of aromatic nitrogens is 4. The third kappa shape index (κ3) is 4.24. The summed E-state index contributed by atoms with van der Waals surface area (Å²) in [5.41, 5.74) is 1.15. The first-order chi connectivity index (χ1) is 18.2. The molecule has 3 heterocycles. The van der Waals surface area contributed by atoms with E-state index in [1.54, 1.807) is 28.2 Å². The minimum atomic E-state index is -4.12. The van der Waals surface area contributed by atoms with Gasteiger partial charge in [-0.15, -0.1) is 0 Å². The lowest BCUT2D eigenvalue weighted by molar-refractivity contribution is 0.404. The molecule has 5 rings (SSSR count). The number of rotatable bonds is 4. The van der Waals surface area contributed by atoms with Crippen LogP contribution in [0.2, 0.25) is 10.0 Å². The quantitative estimate of drug-likeness (QED) is 0.341. The molecule has 0 saturated carbocycles. The van der Waals surface area contributed by atoms with E-state index in [2.05, 4.69) is 0 Å². The van der Waals surface area contributed by atoms with Crippen LogP contribution >= 0.6 is 23.2 Å². The molecule has 0 bridgehead atoms. The Labute approximate surface area is 234 Å². The van der Waals surface area contributed by atoms with Crippen molar-refractivity contribution in [3.8, 4) is 0 Å². The Hall–Kier alpha value is -2.62. The number of fused-ring (bicyclic) bond motifs is 2. The van der Waals surface area contributed by atoms with Crippen molar-refractivity contribution in [2.45, 2.75) is 16.2 Å². The average molecular weight is 618 g/mol. The van der Waals surface area contributed by atoms with E-state index in [-0.39, 0.29) is 63.8 Å². The molecule has 0 aliphatic carbocycles. The Kier molecular flexibility index (Phi) is 6.80. The van der Waals surface area contributed by atoms with Gasteiger partial charge in [-0.1, -0.05) is 23.2 Å². The molecule has 16 heteroatoms. The van der Waals surface area contributed by atoms with Crippen molar-refractivity contribution in [1.29, 1.82) is 0 Å². The summed E-state index contributed by atoms with van der Waals surface area (Å²) in [5.74, 6) is 0. The monoisotopic (exact) mass is 616 g/mol. The summed E-state index contributed by atoms with van der Waals surface area (Å²) in [6, 6.07) is 5.61. The molecular formula is C23H26Cl2N6O6S2. The summed E-state index contributed by atoms with van der Waals surface area (Å²) >= 11 is 12.8. The van der Waals surface area contributed by atoms with Crippen LogP contribution in [0.3, 0.4) is 0 Å². The van der Waals surface area contributed by atoms with Gasteiger partial charge in [0.15, 0.2) is 0 Å². The van der Waals surface area contributed by atoms with Gasteiger partial charge in [-0.05, 0) is 30.7 Å². The van der Waals surface area contributed by atoms with Crippen LogP contribution in [0.25, 0.3) is 22.1 Å². The molecule has 1 fully saturated rings. The normalized spacial score (nSPS) is 16.4. The van der Waals surface area contributed by atoms with Gasteiger partial charge in [-0.3, -0.25) is 18.3 Å². The minimum Gasteiger partial charge on any atom is -0.295 e. The minimum absolute atomic E-state index is 0.0361. The number of nitrogens with zero attached hydrogens (tertiary/aromatic N) is 6. The molecule has 0 spiro atoms. The number of benzene rings is 2. The number of aryl methyl sites for hydroxylation is 4. The molecule has 1 aliphatic rings. The van der Waals surface area contributed by atoms with Gasteiger partial charge in [0, 0.05) is 54.4 Å². The van der Waals surface area contributed by atoms with Gasteiger partial charge in [0.25, 0.3) is 0 Å². The van der Waals surface area contributed by atoms with Gasteiger partial charge in [0.1, 0.15) is 9.79 Å². The van der Waals surface area contributed by atoms with E-state index >= 15 is 0 Å². The highest BCUT2D eigenvalue weighted by atomic mass is 35.5. The van der Waals surface area contributed by atoms with Crippen LogP contribution < -0.4 is 11.4 Å². The van der Waals surface area contributed by atoms with Gasteiger partial charge in [0.2, 0.25) is 20.0 Å². The first-order valence-electron chi connectivity index (χ1n) is 11.9. The van der Waals surface area contributed by atoms with Crippen LogP contribution in [0, 0.1) is 0 Å². The zero-order valence-corrected chi connectivity index (χ0v) is 24.7. The van der Waals surface area contributed by atoms with Crippen LogP contribution in [-0.2, 0) is 48.2 Å². The molecule has 2 aromatic carbocycles. The molecule has 1 aliphatic heterocycles. The predicted molar refractivity (Wildman–Crippen MR) is 148 cm³/mol. The van der Waals surface area contributed by atoms with E-state index < -0.39 is 20.0 Å². The number of halogens is 2. The van der Waals surface area contributed by atoms with Crippen LogP contribution in [0.5, 0.6) is 0 Å². The molecule has 39 heavy (non-hydrogen) atoms. The standard InChI is InChI=1S/C23H26Cl2N6O6S2/c1-26-16-10-14(24)20(12-18(16)28(3)22(26)32)38(34,35)30-6-5-7-31(9-8-30)39(36,37)21-13-19-17(11-15(21)25)27(2)23(33)29(19)4/h10-13H,5-9H2,1-4H3. The fraction of sp³-hybridized carbons (Fsp3) is 0.391. The van der Waals surface area contributed by atoms with Gasteiger partial charge in [0.05, 0.1) is 32.1 Å². The Bertz CT molecular complexity index is 1860. The van der Waals surface area contributed by atoms with Crippen molar-refractivity contribution >= 4 is 65.3 Å². The second-order valence-electron chi connectivity index (χ2n) is 9.51. The molecule has 210 valence electrons. The van der Waals surface area contributed by atoms with Crippen LogP contribution in [0.4, 0.5) is 0 Å². The zero-order chi connectivity index (χ0) is 28.6. The van der Waals surface area contributed by atoms with Crippen LogP contribution in [-0.4, -0.2) is 69.9 Å². The lowest BCUT2D eigenvalue weighted by Gasteiger charge is -2.22. The maximum atomic E-state index is 13.6. The number of imidazole rings is 2. The highest BCUT2D eigenvalue weighted by Crippen LogP contribution is 2.32. The number of sulfonamides is 2. The summed E-state index contributed by atoms with van der Waals surface area (Å²) in [4.78, 5) is 24.3. The van der Waals surface area contributed by atoms with Crippen molar-refractivity contribution < 1.29 is 16.8 Å². The molecular weight excluding hydrogens is 591 g/mol. The van der Waals surface area contributed by atoms with Crippen LogP contribution in [0.1, 0.15) is 6.42 Å². The second-order valence-corrected chi connectivity index (χ2v) is 14.1. The van der Waals surface area contributed by atoms with Crippen molar-refractivity contribution in [3.63, 3.8) is 0 Å². The maximum absolute atomic E-state index is 13.6. The Morgan fingerprint density at radius 2 is 0.872 bits per heavy atom. The second kappa shape index (κ2) is 9.49. The molecule has 2 aromatic heterocycles. The lowest BCUT2D eigenvalue weighted by Crippen LogP contribution is -2.37. The maximum Gasteiger partial charge on any atom is 0.328 e. The lowest BCUT2D eigenvalue weighted by atomic mass is 10.3. The summed E-state index contributed by atoms with van der Waals surface area (Å²) in [5, 5.41) is -0.0723. The third-order valence-corrected chi connectivity index (χ3v) is 12.0. The molecule has 0 unspecified atom stereocenters. The third-order valence-electron chi connectivity index (χ3n) is 7.30. The fourth-order valence-electron chi connectivity index (χ4n) is 5.03. The predicted octanol–water partition coefficient (Wildman–Crippen LogP) is 1.46. The molecule has 0 radical (unpaired) electrons. The first-order valence-corrected chi connectivity index (χ1v) is 15.5. The number of hydrogen-bond donors (Lipinski definition) is 0. The average Bonchev–Trinajstić information content (AvgIpc) is 3.12. The van der Waals surface area contributed by atoms with Gasteiger partial charge < -0.3 is 0 Å². The fourth-order valence-corrected chi connectivity index (χ4v) is 9.00. The Morgan fingerprint density at radius 3 is 1.21 bits per heavy atom. The van der Waals surface area contributed by atoms with Gasteiger partial charge in [-0.25, -0.2) is 26.4 Å². The molecule has 1 saturated heterocycles. The van der Waals surface area contributed by atoms with Crippen molar-refractivity contribution in [3.05, 3.63) is 55.3 Å². The summed E-state index contributed by atoms with van der Waals surface area (Å²) in [6.45, 7) is -0.104. The highest BCUT2D eigenvalue weighted by Gasteiger charge is 2.34. The van der Waals surface area contributed by atoms with E-state index in [4.69, 9.17) is 23.2 Å². The van der Waals surface area contributed by atoms with Gasteiger partial charge >= 0.3 is 11.4 Å².